The highest BCUT2D eigenvalue weighted by molar-refractivity contribution is 5.78. The van der Waals surface area contributed by atoms with E-state index in [1.54, 1.807) is 11.9 Å². The molecule has 110 valence electrons. The summed E-state index contributed by atoms with van der Waals surface area (Å²) < 4.78 is 27.0. The van der Waals surface area contributed by atoms with Crippen LogP contribution in [0.15, 0.2) is 18.2 Å². The number of nitrogens with zero attached hydrogens (tertiary/aromatic N) is 1. The zero-order valence-corrected chi connectivity index (χ0v) is 11.7. The van der Waals surface area contributed by atoms with Crippen LogP contribution in [0.4, 0.5) is 8.78 Å². The quantitative estimate of drug-likeness (QED) is 0.915. The first-order valence-electron chi connectivity index (χ1n) is 6.95. The average Bonchev–Trinajstić information content (AvgIpc) is 2.44. The number of nitrogens with one attached hydrogen (secondary N) is 1. The van der Waals surface area contributed by atoms with E-state index in [-0.39, 0.29) is 17.9 Å². The van der Waals surface area contributed by atoms with Crippen LogP contribution in [0.1, 0.15) is 18.4 Å². The van der Waals surface area contributed by atoms with E-state index in [0.29, 0.717) is 12.5 Å². The first-order chi connectivity index (χ1) is 9.58. The lowest BCUT2D eigenvalue weighted by Crippen LogP contribution is -2.39. The minimum Gasteiger partial charge on any atom is -0.345 e. The minimum absolute atomic E-state index is 0.147. The van der Waals surface area contributed by atoms with Crippen LogP contribution in [0.2, 0.25) is 0 Å². The van der Waals surface area contributed by atoms with Crippen LogP contribution in [0, 0.1) is 17.6 Å². The summed E-state index contributed by atoms with van der Waals surface area (Å²) in [6.45, 7) is 2.54. The van der Waals surface area contributed by atoms with Crippen molar-refractivity contribution in [2.75, 3.05) is 26.7 Å². The number of carbonyl (C=O) groups is 1. The molecule has 1 fully saturated rings. The van der Waals surface area contributed by atoms with E-state index in [1.165, 1.54) is 18.2 Å². The molecule has 1 aromatic rings. The number of hydrogen-bond donors (Lipinski definition) is 1. The number of halogens is 2. The fraction of sp³-hybridized carbons (Fsp3) is 0.533. The molecule has 20 heavy (non-hydrogen) atoms. The molecule has 0 bridgehead atoms. The van der Waals surface area contributed by atoms with Gasteiger partial charge in [-0.1, -0.05) is 6.07 Å². The van der Waals surface area contributed by atoms with Crippen molar-refractivity contribution < 1.29 is 13.6 Å². The second kappa shape index (κ2) is 6.79. The molecule has 1 unspecified atom stereocenters. The van der Waals surface area contributed by atoms with Gasteiger partial charge in [0.2, 0.25) is 5.91 Å². The molecule has 5 heteroatoms. The third-order valence-corrected chi connectivity index (χ3v) is 3.75. The molecule has 0 aliphatic carbocycles. The molecule has 2 rings (SSSR count). The van der Waals surface area contributed by atoms with Crippen molar-refractivity contribution in [2.24, 2.45) is 5.92 Å². The summed E-state index contributed by atoms with van der Waals surface area (Å²) in [5, 5.41) is 3.29. The van der Waals surface area contributed by atoms with Crippen molar-refractivity contribution in [3.63, 3.8) is 0 Å². The summed E-state index contributed by atoms with van der Waals surface area (Å²) in [6, 6.07) is 3.66. The maximum Gasteiger partial charge on any atom is 0.226 e. The fourth-order valence-corrected chi connectivity index (χ4v) is 2.56. The molecular weight excluding hydrogens is 262 g/mol. The molecule has 0 saturated carbocycles. The number of benzene rings is 1. The third-order valence-electron chi connectivity index (χ3n) is 3.75. The van der Waals surface area contributed by atoms with Gasteiger partial charge < -0.3 is 10.2 Å². The maximum atomic E-state index is 13.5. The lowest BCUT2D eigenvalue weighted by molar-refractivity contribution is -0.129. The van der Waals surface area contributed by atoms with Crippen LogP contribution >= 0.6 is 0 Å². The Balaban J connectivity index is 1.93. The molecule has 1 aliphatic rings. The summed E-state index contributed by atoms with van der Waals surface area (Å²) in [5.41, 5.74) is -0.147. The lowest BCUT2D eigenvalue weighted by atomic mass is 9.99. The van der Waals surface area contributed by atoms with Crippen LogP contribution < -0.4 is 5.32 Å². The van der Waals surface area contributed by atoms with E-state index in [1.807, 2.05) is 0 Å². The van der Waals surface area contributed by atoms with Gasteiger partial charge >= 0.3 is 0 Å². The van der Waals surface area contributed by atoms with Crippen molar-refractivity contribution >= 4 is 5.91 Å². The zero-order valence-electron chi connectivity index (χ0n) is 11.7. The van der Waals surface area contributed by atoms with E-state index in [4.69, 9.17) is 0 Å². The SMILES string of the molecule is CN(CC1CCCNC1)C(=O)Cc1c(F)cccc1F. The van der Waals surface area contributed by atoms with Crippen molar-refractivity contribution in [1.82, 2.24) is 10.2 Å². The van der Waals surface area contributed by atoms with Crippen LogP contribution in [0.5, 0.6) is 0 Å². The Labute approximate surface area is 118 Å². The largest absolute Gasteiger partial charge is 0.345 e. The predicted octanol–water partition coefficient (Wildman–Crippen LogP) is 1.97. The van der Waals surface area contributed by atoms with E-state index in [9.17, 15) is 13.6 Å². The number of likely N-dealkylation sites (N-methyl/N-ethyl adjacent to an activating group) is 1. The van der Waals surface area contributed by atoms with Gasteiger partial charge in [-0.15, -0.1) is 0 Å². The summed E-state index contributed by atoms with van der Waals surface area (Å²) in [5.74, 6) is -1.15. The molecule has 1 aromatic carbocycles. The molecule has 0 aromatic heterocycles. The van der Waals surface area contributed by atoms with Crippen molar-refractivity contribution in [3.05, 3.63) is 35.4 Å². The first-order valence-corrected chi connectivity index (χ1v) is 6.95. The molecule has 1 heterocycles. The number of piperidine rings is 1. The summed E-state index contributed by atoms with van der Waals surface area (Å²) in [4.78, 5) is 13.6. The molecule has 0 radical (unpaired) electrons. The highest BCUT2D eigenvalue weighted by atomic mass is 19.1. The topological polar surface area (TPSA) is 32.3 Å². The van der Waals surface area contributed by atoms with Gasteiger partial charge in [0.1, 0.15) is 11.6 Å². The normalized spacial score (nSPS) is 18.9. The molecule has 1 atom stereocenters. The summed E-state index contributed by atoms with van der Waals surface area (Å²) in [7, 11) is 1.69. The molecule has 3 nitrogen and oxygen atoms in total. The molecule has 1 N–H and O–H groups in total. The average molecular weight is 282 g/mol. The predicted molar refractivity (Wildman–Crippen MR) is 73.3 cm³/mol. The zero-order chi connectivity index (χ0) is 14.5. The summed E-state index contributed by atoms with van der Waals surface area (Å²) in [6.07, 6.45) is 1.96. The maximum absolute atomic E-state index is 13.5. The van der Waals surface area contributed by atoms with Gasteiger partial charge in [-0.2, -0.15) is 0 Å². The monoisotopic (exact) mass is 282 g/mol. The molecular formula is C15H20F2N2O. The Kier molecular flexibility index (Phi) is 5.06. The van der Waals surface area contributed by atoms with Crippen LogP contribution in [0.3, 0.4) is 0 Å². The number of hydrogen-bond acceptors (Lipinski definition) is 2. The first kappa shape index (κ1) is 14.9. The van der Waals surface area contributed by atoms with E-state index in [2.05, 4.69) is 5.32 Å². The Bertz CT molecular complexity index is 453. The Hall–Kier alpha value is -1.49. The van der Waals surface area contributed by atoms with Crippen molar-refractivity contribution in [2.45, 2.75) is 19.3 Å². The fourth-order valence-electron chi connectivity index (χ4n) is 2.56. The standard InChI is InChI=1S/C15H20F2N2O/c1-19(10-11-4-3-7-18-9-11)15(20)8-12-13(16)5-2-6-14(12)17/h2,5-6,11,18H,3-4,7-10H2,1H3. The van der Waals surface area contributed by atoms with Gasteiger partial charge in [0, 0.05) is 19.2 Å². The van der Waals surface area contributed by atoms with E-state index >= 15 is 0 Å². The highest BCUT2D eigenvalue weighted by Crippen LogP contribution is 2.15. The molecule has 1 aliphatic heterocycles. The Morgan fingerprint density at radius 1 is 1.40 bits per heavy atom. The number of rotatable bonds is 4. The van der Waals surface area contributed by atoms with Gasteiger partial charge in [0.25, 0.3) is 0 Å². The van der Waals surface area contributed by atoms with Gasteiger partial charge in [0.05, 0.1) is 6.42 Å². The minimum atomic E-state index is -0.661. The Morgan fingerprint density at radius 2 is 2.10 bits per heavy atom. The second-order valence-corrected chi connectivity index (χ2v) is 5.36. The smallest absolute Gasteiger partial charge is 0.226 e. The number of amides is 1. The van der Waals surface area contributed by atoms with Gasteiger partial charge in [-0.25, -0.2) is 8.78 Å². The van der Waals surface area contributed by atoms with Crippen LogP contribution in [0.25, 0.3) is 0 Å². The van der Waals surface area contributed by atoms with Crippen LogP contribution in [-0.2, 0) is 11.2 Å². The van der Waals surface area contributed by atoms with E-state index < -0.39 is 11.6 Å². The number of carbonyl (C=O) groups excluding carboxylic acids is 1. The van der Waals surface area contributed by atoms with Crippen LogP contribution in [-0.4, -0.2) is 37.5 Å². The van der Waals surface area contributed by atoms with E-state index in [0.717, 1.165) is 25.9 Å². The summed E-state index contributed by atoms with van der Waals surface area (Å²) >= 11 is 0. The third kappa shape index (κ3) is 3.76. The highest BCUT2D eigenvalue weighted by Gasteiger charge is 2.20. The Morgan fingerprint density at radius 3 is 2.70 bits per heavy atom. The molecule has 0 spiro atoms. The second-order valence-electron chi connectivity index (χ2n) is 5.36. The van der Waals surface area contributed by atoms with Crippen molar-refractivity contribution in [3.8, 4) is 0 Å². The van der Waals surface area contributed by atoms with Crippen molar-refractivity contribution in [1.29, 1.82) is 0 Å². The van der Waals surface area contributed by atoms with Gasteiger partial charge in [-0.05, 0) is 44.0 Å². The molecule has 1 amide bonds. The van der Waals surface area contributed by atoms with Gasteiger partial charge in [-0.3, -0.25) is 4.79 Å². The molecule has 1 saturated heterocycles. The lowest BCUT2D eigenvalue weighted by Gasteiger charge is -2.27. The van der Waals surface area contributed by atoms with Gasteiger partial charge in [0.15, 0.2) is 0 Å².